The number of hydrogen-bond donors (Lipinski definition) is 1. The monoisotopic (exact) mass is 358 g/mol. The molecule has 0 aliphatic heterocycles. The number of carbonyl (C=O) groups is 2. The molecule has 4 nitrogen and oxygen atoms in total. The Bertz CT molecular complexity index is 797. The number of carboxylic acid groups (broad SMARTS) is 1. The van der Waals surface area contributed by atoms with Gasteiger partial charge in [0.25, 0.3) is 5.91 Å². The van der Waals surface area contributed by atoms with E-state index in [4.69, 9.17) is 0 Å². The first kappa shape index (κ1) is 18.4. The minimum atomic E-state index is -2.36. The Balaban J connectivity index is 2.32. The Morgan fingerprint density at radius 3 is 1.84 bits per heavy atom. The Kier molecular flexibility index (Phi) is 5.35. The maximum absolute atomic E-state index is 13.6. The summed E-state index contributed by atoms with van der Waals surface area (Å²) in [4.78, 5) is 23.0. The van der Waals surface area contributed by atoms with Gasteiger partial charge in [0.1, 0.15) is 0 Å². The second kappa shape index (κ2) is 7.29. The highest BCUT2D eigenvalue weighted by atomic mass is 19.2. The third-order valence-corrected chi connectivity index (χ3v) is 3.33. The summed E-state index contributed by atoms with van der Waals surface area (Å²) in [7, 11) is 0. The van der Waals surface area contributed by atoms with E-state index in [2.05, 4.69) is 0 Å². The lowest BCUT2D eigenvalue weighted by Gasteiger charge is -2.20. The molecule has 0 heterocycles. The van der Waals surface area contributed by atoms with E-state index in [-0.39, 0.29) is 5.56 Å². The molecule has 1 N–H and O–H groups in total. The van der Waals surface area contributed by atoms with E-state index in [1.165, 1.54) is 24.3 Å². The summed E-state index contributed by atoms with van der Waals surface area (Å²) in [6, 6.07) is 5.20. The molecule has 0 saturated carbocycles. The Morgan fingerprint density at radius 2 is 1.36 bits per heavy atom. The van der Waals surface area contributed by atoms with Crippen molar-refractivity contribution in [3.8, 4) is 0 Å². The van der Waals surface area contributed by atoms with Crippen molar-refractivity contribution < 1.29 is 36.6 Å². The van der Waals surface area contributed by atoms with E-state index >= 15 is 0 Å². The van der Waals surface area contributed by atoms with Gasteiger partial charge in [0.2, 0.25) is 5.82 Å². The first-order valence-electron chi connectivity index (χ1n) is 6.81. The summed E-state index contributed by atoms with van der Waals surface area (Å²) in [5, 5.41) is 13.0. The fourth-order valence-corrected chi connectivity index (χ4v) is 2.06. The molecular formula is C16H9F5NO3-. The maximum atomic E-state index is 13.6. The average molecular weight is 358 g/mol. The van der Waals surface area contributed by atoms with Gasteiger partial charge in [-0.15, -0.1) is 0 Å². The number of rotatable bonds is 5. The van der Waals surface area contributed by atoms with Crippen LogP contribution in [0.25, 0.3) is 0 Å². The second-order valence-electron chi connectivity index (χ2n) is 4.96. The molecule has 2 aromatic rings. The van der Waals surface area contributed by atoms with Crippen LogP contribution < -0.4 is 10.4 Å². The fourth-order valence-electron chi connectivity index (χ4n) is 2.06. The molecular weight excluding hydrogens is 349 g/mol. The third kappa shape index (κ3) is 3.76. The molecule has 132 valence electrons. The zero-order chi connectivity index (χ0) is 18.7. The van der Waals surface area contributed by atoms with Crippen molar-refractivity contribution in [2.24, 2.45) is 0 Å². The molecule has 0 saturated heterocycles. The molecule has 25 heavy (non-hydrogen) atoms. The molecule has 2 aromatic carbocycles. The molecule has 0 aliphatic rings. The Hall–Kier alpha value is -2.97. The highest BCUT2D eigenvalue weighted by Crippen LogP contribution is 2.24. The van der Waals surface area contributed by atoms with Crippen LogP contribution in [0, 0.1) is 29.1 Å². The molecule has 0 spiro atoms. The van der Waals surface area contributed by atoms with E-state index in [9.17, 15) is 36.6 Å². The molecule has 0 aliphatic carbocycles. The molecule has 1 amide bonds. The molecule has 1 atom stereocenters. The topological polar surface area (TPSA) is 69.2 Å². The van der Waals surface area contributed by atoms with E-state index in [1.807, 2.05) is 5.32 Å². The van der Waals surface area contributed by atoms with Crippen LogP contribution in [0.3, 0.4) is 0 Å². The third-order valence-electron chi connectivity index (χ3n) is 3.33. The largest absolute Gasteiger partial charge is 0.548 e. The molecule has 9 heteroatoms. The van der Waals surface area contributed by atoms with E-state index in [0.29, 0.717) is 0 Å². The SMILES string of the molecule is O=C(N[C@@H](Cc1c(F)c(F)c(F)c(F)c1F)C(=O)[O-])c1ccccc1. The predicted molar refractivity (Wildman–Crippen MR) is 72.6 cm³/mol. The lowest BCUT2D eigenvalue weighted by atomic mass is 10.0. The van der Waals surface area contributed by atoms with Gasteiger partial charge >= 0.3 is 0 Å². The van der Waals surface area contributed by atoms with E-state index in [1.54, 1.807) is 6.07 Å². The van der Waals surface area contributed by atoms with Gasteiger partial charge in [-0.3, -0.25) is 4.79 Å². The van der Waals surface area contributed by atoms with Crippen LogP contribution in [0.4, 0.5) is 22.0 Å². The summed E-state index contributed by atoms with van der Waals surface area (Å²) >= 11 is 0. The quantitative estimate of drug-likeness (QED) is 0.500. The van der Waals surface area contributed by atoms with Crippen LogP contribution in [-0.4, -0.2) is 17.9 Å². The summed E-state index contributed by atoms with van der Waals surface area (Å²) in [6.45, 7) is 0. The van der Waals surface area contributed by atoms with Crippen molar-refractivity contribution in [1.82, 2.24) is 5.32 Å². The van der Waals surface area contributed by atoms with E-state index < -0.39 is 59.0 Å². The first-order chi connectivity index (χ1) is 11.7. The van der Waals surface area contributed by atoms with Gasteiger partial charge in [-0.05, 0) is 12.1 Å². The minimum absolute atomic E-state index is 0.0335. The summed E-state index contributed by atoms with van der Waals surface area (Å²) < 4.78 is 66.6. The van der Waals surface area contributed by atoms with Crippen LogP contribution in [0.2, 0.25) is 0 Å². The van der Waals surface area contributed by atoms with Crippen LogP contribution >= 0.6 is 0 Å². The number of carbonyl (C=O) groups excluding carboxylic acids is 2. The zero-order valence-corrected chi connectivity index (χ0v) is 12.3. The number of halogens is 5. The smallest absolute Gasteiger partial charge is 0.251 e. The van der Waals surface area contributed by atoms with Crippen molar-refractivity contribution >= 4 is 11.9 Å². The van der Waals surface area contributed by atoms with Crippen molar-refractivity contribution in [3.63, 3.8) is 0 Å². The van der Waals surface area contributed by atoms with Gasteiger partial charge in [0.15, 0.2) is 23.3 Å². The van der Waals surface area contributed by atoms with Gasteiger partial charge in [-0.1, -0.05) is 18.2 Å². The highest BCUT2D eigenvalue weighted by Gasteiger charge is 2.28. The molecule has 0 fully saturated rings. The van der Waals surface area contributed by atoms with Crippen molar-refractivity contribution in [1.29, 1.82) is 0 Å². The minimum Gasteiger partial charge on any atom is -0.548 e. The zero-order valence-electron chi connectivity index (χ0n) is 12.3. The molecule has 2 rings (SSSR count). The Labute approximate surface area is 137 Å². The Morgan fingerprint density at radius 1 is 0.880 bits per heavy atom. The van der Waals surface area contributed by atoms with Crippen LogP contribution in [0.15, 0.2) is 30.3 Å². The fraction of sp³-hybridized carbons (Fsp3) is 0.125. The number of amides is 1. The number of hydrogen-bond acceptors (Lipinski definition) is 3. The molecule has 0 bridgehead atoms. The molecule has 0 aromatic heterocycles. The number of carboxylic acids is 1. The van der Waals surface area contributed by atoms with Gasteiger partial charge in [0, 0.05) is 17.5 Å². The number of nitrogens with one attached hydrogen (secondary N) is 1. The normalized spacial score (nSPS) is 11.9. The van der Waals surface area contributed by atoms with Gasteiger partial charge in [0.05, 0.1) is 12.0 Å². The highest BCUT2D eigenvalue weighted by molar-refractivity contribution is 5.96. The lowest BCUT2D eigenvalue weighted by molar-refractivity contribution is -0.308. The molecule has 0 unspecified atom stereocenters. The van der Waals surface area contributed by atoms with Gasteiger partial charge in [-0.2, -0.15) is 0 Å². The van der Waals surface area contributed by atoms with Crippen LogP contribution in [0.5, 0.6) is 0 Å². The predicted octanol–water partition coefficient (Wildman–Crippen LogP) is 1.47. The standard InChI is InChI=1S/C16H10F5NO3/c17-10-8(11(18)13(20)14(21)12(10)19)6-9(16(24)25)22-15(23)7-4-2-1-3-5-7/h1-5,9H,6H2,(H,22,23)(H,24,25)/p-1/t9-/m0/s1. The van der Waals surface area contributed by atoms with Gasteiger partial charge < -0.3 is 15.2 Å². The van der Waals surface area contributed by atoms with Gasteiger partial charge in [-0.25, -0.2) is 22.0 Å². The first-order valence-corrected chi connectivity index (χ1v) is 6.81. The second-order valence-corrected chi connectivity index (χ2v) is 4.96. The van der Waals surface area contributed by atoms with Crippen molar-refractivity contribution in [3.05, 3.63) is 70.5 Å². The number of benzene rings is 2. The maximum Gasteiger partial charge on any atom is 0.251 e. The number of aliphatic carboxylic acids is 1. The summed E-state index contributed by atoms with van der Waals surface area (Å²) in [5.74, 6) is -14.0. The van der Waals surface area contributed by atoms with Crippen molar-refractivity contribution in [2.75, 3.05) is 0 Å². The lowest BCUT2D eigenvalue weighted by Crippen LogP contribution is -2.49. The average Bonchev–Trinajstić information content (AvgIpc) is 2.61. The van der Waals surface area contributed by atoms with Crippen LogP contribution in [-0.2, 0) is 11.2 Å². The molecule has 0 radical (unpaired) electrons. The summed E-state index contributed by atoms with van der Waals surface area (Å²) in [5.41, 5.74) is -1.33. The van der Waals surface area contributed by atoms with Crippen LogP contribution in [0.1, 0.15) is 15.9 Å². The van der Waals surface area contributed by atoms with E-state index in [0.717, 1.165) is 0 Å². The van der Waals surface area contributed by atoms with Crippen molar-refractivity contribution in [2.45, 2.75) is 12.5 Å². The summed E-state index contributed by atoms with van der Waals surface area (Å²) in [6.07, 6.45) is -1.19.